The number of aryl methyl sites for hydroxylation is 1. The minimum absolute atomic E-state index is 0.213. The minimum Gasteiger partial charge on any atom is -0.488 e. The van der Waals surface area contributed by atoms with Gasteiger partial charge in [-0.1, -0.05) is 12.1 Å². The smallest absolute Gasteiger partial charge is 0.191 e. The number of nitrogens with one attached hydrogen (secondary N) is 2. The molecule has 0 aromatic heterocycles. The Balaban J connectivity index is 1.91. The first-order valence-corrected chi connectivity index (χ1v) is 9.68. The third-order valence-electron chi connectivity index (χ3n) is 4.59. The Morgan fingerprint density at radius 3 is 2.73 bits per heavy atom. The second-order valence-corrected chi connectivity index (χ2v) is 8.40. The van der Waals surface area contributed by atoms with Crippen molar-refractivity contribution in [2.45, 2.75) is 52.7 Å². The number of hydrogen-bond acceptors (Lipinski definition) is 3. The molecule has 0 amide bonds. The molecule has 1 saturated heterocycles. The quantitative estimate of drug-likeness (QED) is 0.625. The molecule has 1 aliphatic rings. The topological polar surface area (TPSA) is 48.9 Å². The SMILES string of the molecule is CN=C(NCc1ccc(C)cc1OC(C)(C)C)NCC1CCCN(C)C1. The van der Waals surface area contributed by atoms with Crippen LogP contribution < -0.4 is 15.4 Å². The highest BCUT2D eigenvalue weighted by atomic mass is 16.5. The summed E-state index contributed by atoms with van der Waals surface area (Å²) >= 11 is 0. The zero-order valence-corrected chi connectivity index (χ0v) is 17.4. The number of nitrogens with zero attached hydrogens (tertiary/aromatic N) is 2. The van der Waals surface area contributed by atoms with Crippen molar-refractivity contribution in [3.8, 4) is 5.75 Å². The zero-order chi connectivity index (χ0) is 19.2. The van der Waals surface area contributed by atoms with Crippen LogP contribution >= 0.6 is 0 Å². The first-order chi connectivity index (χ1) is 12.3. The molecule has 2 N–H and O–H groups in total. The Labute approximate surface area is 159 Å². The van der Waals surface area contributed by atoms with Crippen LogP contribution in [0.25, 0.3) is 0 Å². The predicted molar refractivity (Wildman–Crippen MR) is 110 cm³/mol. The summed E-state index contributed by atoms with van der Waals surface area (Å²) in [6.45, 7) is 12.4. The molecule has 26 heavy (non-hydrogen) atoms. The monoisotopic (exact) mass is 360 g/mol. The maximum absolute atomic E-state index is 6.14. The second-order valence-electron chi connectivity index (χ2n) is 8.40. The average Bonchev–Trinajstić information content (AvgIpc) is 2.55. The molecule has 2 rings (SSSR count). The van der Waals surface area contributed by atoms with Crippen molar-refractivity contribution in [3.63, 3.8) is 0 Å². The van der Waals surface area contributed by atoms with Crippen LogP contribution in [0.1, 0.15) is 44.7 Å². The lowest BCUT2D eigenvalue weighted by Crippen LogP contribution is -2.43. The Hall–Kier alpha value is -1.75. The van der Waals surface area contributed by atoms with E-state index in [0.29, 0.717) is 12.5 Å². The zero-order valence-electron chi connectivity index (χ0n) is 17.4. The van der Waals surface area contributed by atoms with Crippen LogP contribution in [0, 0.1) is 12.8 Å². The summed E-state index contributed by atoms with van der Waals surface area (Å²) in [6, 6.07) is 6.36. The Bertz CT molecular complexity index is 607. The predicted octanol–water partition coefficient (Wildman–Crippen LogP) is 3.18. The van der Waals surface area contributed by atoms with Gasteiger partial charge in [-0.05, 0) is 71.7 Å². The van der Waals surface area contributed by atoms with E-state index in [1.165, 1.54) is 24.9 Å². The largest absolute Gasteiger partial charge is 0.488 e. The summed E-state index contributed by atoms with van der Waals surface area (Å²) in [5.74, 6) is 2.47. The number of rotatable bonds is 5. The minimum atomic E-state index is -0.213. The molecule has 0 bridgehead atoms. The van der Waals surface area contributed by atoms with E-state index in [4.69, 9.17) is 4.74 Å². The number of hydrogen-bond donors (Lipinski definition) is 2. The molecule has 5 nitrogen and oxygen atoms in total. The van der Waals surface area contributed by atoms with E-state index in [2.05, 4.69) is 73.5 Å². The summed E-state index contributed by atoms with van der Waals surface area (Å²) in [7, 11) is 4.03. The van der Waals surface area contributed by atoms with Crippen LogP contribution in [0.15, 0.2) is 23.2 Å². The highest BCUT2D eigenvalue weighted by Gasteiger charge is 2.18. The van der Waals surface area contributed by atoms with E-state index in [0.717, 1.165) is 30.4 Å². The van der Waals surface area contributed by atoms with Crippen LogP contribution in [-0.4, -0.2) is 50.2 Å². The van der Waals surface area contributed by atoms with Gasteiger partial charge in [0.1, 0.15) is 11.4 Å². The van der Waals surface area contributed by atoms with Crippen LogP contribution in [-0.2, 0) is 6.54 Å². The lowest BCUT2D eigenvalue weighted by molar-refractivity contribution is 0.129. The number of guanidine groups is 1. The van der Waals surface area contributed by atoms with Gasteiger partial charge in [-0.25, -0.2) is 0 Å². The van der Waals surface area contributed by atoms with Gasteiger partial charge in [-0.3, -0.25) is 4.99 Å². The summed E-state index contributed by atoms with van der Waals surface area (Å²) in [4.78, 5) is 6.78. The normalized spacial score (nSPS) is 19.3. The fraction of sp³-hybridized carbons (Fsp3) is 0.667. The van der Waals surface area contributed by atoms with E-state index in [9.17, 15) is 0 Å². The van der Waals surface area contributed by atoms with Crippen molar-refractivity contribution in [1.82, 2.24) is 15.5 Å². The number of piperidine rings is 1. The van der Waals surface area contributed by atoms with Crippen molar-refractivity contribution in [2.24, 2.45) is 10.9 Å². The molecule has 5 heteroatoms. The molecule has 0 spiro atoms. The molecule has 1 fully saturated rings. The molecule has 1 unspecified atom stereocenters. The van der Waals surface area contributed by atoms with Gasteiger partial charge in [-0.2, -0.15) is 0 Å². The molecule has 0 aliphatic carbocycles. The molecule has 1 aromatic carbocycles. The number of aliphatic imine (C=N–C) groups is 1. The van der Waals surface area contributed by atoms with E-state index < -0.39 is 0 Å². The lowest BCUT2D eigenvalue weighted by atomic mass is 9.99. The van der Waals surface area contributed by atoms with Crippen molar-refractivity contribution >= 4 is 5.96 Å². The van der Waals surface area contributed by atoms with Gasteiger partial charge >= 0.3 is 0 Å². The van der Waals surface area contributed by atoms with Crippen molar-refractivity contribution in [3.05, 3.63) is 29.3 Å². The fourth-order valence-corrected chi connectivity index (χ4v) is 3.31. The molecule has 0 saturated carbocycles. The van der Waals surface area contributed by atoms with Gasteiger partial charge in [0, 0.05) is 32.2 Å². The van der Waals surface area contributed by atoms with E-state index >= 15 is 0 Å². The van der Waals surface area contributed by atoms with Crippen LogP contribution in [0.4, 0.5) is 0 Å². The number of ether oxygens (including phenoxy) is 1. The Morgan fingerprint density at radius 2 is 2.08 bits per heavy atom. The van der Waals surface area contributed by atoms with Gasteiger partial charge in [0.05, 0.1) is 0 Å². The van der Waals surface area contributed by atoms with Crippen LogP contribution in [0.5, 0.6) is 5.75 Å². The third-order valence-corrected chi connectivity index (χ3v) is 4.59. The maximum Gasteiger partial charge on any atom is 0.191 e. The van der Waals surface area contributed by atoms with Crippen molar-refractivity contribution in [1.29, 1.82) is 0 Å². The van der Waals surface area contributed by atoms with Crippen LogP contribution in [0.2, 0.25) is 0 Å². The molecule has 1 atom stereocenters. The number of likely N-dealkylation sites (tertiary alicyclic amines) is 1. The maximum atomic E-state index is 6.14. The summed E-state index contributed by atoms with van der Waals surface area (Å²) in [5, 5.41) is 6.91. The van der Waals surface area contributed by atoms with Gasteiger partial charge in [0.25, 0.3) is 0 Å². The fourth-order valence-electron chi connectivity index (χ4n) is 3.31. The van der Waals surface area contributed by atoms with Gasteiger partial charge < -0.3 is 20.3 Å². The number of benzene rings is 1. The summed E-state index contributed by atoms with van der Waals surface area (Å²) in [6.07, 6.45) is 2.57. The van der Waals surface area contributed by atoms with Gasteiger partial charge in [0.15, 0.2) is 5.96 Å². The molecular weight excluding hydrogens is 324 g/mol. The average molecular weight is 361 g/mol. The highest BCUT2D eigenvalue weighted by molar-refractivity contribution is 5.79. The van der Waals surface area contributed by atoms with E-state index in [1.807, 2.05) is 7.05 Å². The van der Waals surface area contributed by atoms with Crippen molar-refractivity contribution in [2.75, 3.05) is 33.7 Å². The highest BCUT2D eigenvalue weighted by Crippen LogP contribution is 2.24. The first kappa shape index (κ1) is 20.6. The van der Waals surface area contributed by atoms with Gasteiger partial charge in [0.2, 0.25) is 0 Å². The van der Waals surface area contributed by atoms with Crippen molar-refractivity contribution < 1.29 is 4.74 Å². The lowest BCUT2D eigenvalue weighted by Gasteiger charge is -2.30. The molecule has 1 heterocycles. The molecular formula is C21H36N4O. The summed E-state index contributed by atoms with van der Waals surface area (Å²) in [5.41, 5.74) is 2.14. The van der Waals surface area contributed by atoms with Gasteiger partial charge in [-0.15, -0.1) is 0 Å². The molecule has 0 radical (unpaired) electrons. The third kappa shape index (κ3) is 6.87. The molecule has 146 valence electrons. The molecule has 1 aliphatic heterocycles. The standard InChI is InChI=1S/C21H36N4O/c1-16-9-10-18(19(12-16)26-21(2,3)4)14-24-20(22-5)23-13-17-8-7-11-25(6)15-17/h9-10,12,17H,7-8,11,13-15H2,1-6H3,(H2,22,23,24). The Kier molecular flexibility index (Phi) is 7.33. The van der Waals surface area contributed by atoms with E-state index in [-0.39, 0.29) is 5.60 Å². The van der Waals surface area contributed by atoms with E-state index in [1.54, 1.807) is 0 Å². The first-order valence-electron chi connectivity index (χ1n) is 9.68. The molecule has 1 aromatic rings. The Morgan fingerprint density at radius 1 is 1.31 bits per heavy atom. The second kappa shape index (κ2) is 9.26. The summed E-state index contributed by atoms with van der Waals surface area (Å²) < 4.78 is 6.14. The van der Waals surface area contributed by atoms with Crippen LogP contribution in [0.3, 0.4) is 0 Å².